The topological polar surface area (TPSA) is 83.6 Å². The lowest BCUT2D eigenvalue weighted by Crippen LogP contribution is -2.49. The van der Waals surface area contributed by atoms with Crippen molar-refractivity contribution in [1.82, 2.24) is 10.2 Å². The monoisotopic (exact) mass is 508 g/mol. The van der Waals surface area contributed by atoms with Crippen LogP contribution in [0.25, 0.3) is 0 Å². The van der Waals surface area contributed by atoms with Gasteiger partial charge >= 0.3 is 0 Å². The zero-order valence-electron chi connectivity index (χ0n) is 22.1. The van der Waals surface area contributed by atoms with E-state index >= 15 is 0 Å². The Balaban J connectivity index is 1.19. The zero-order chi connectivity index (χ0) is 25.0. The van der Waals surface area contributed by atoms with Crippen LogP contribution in [-0.2, 0) is 19.4 Å². The summed E-state index contributed by atoms with van der Waals surface area (Å²) in [4.78, 5) is 28.3. The van der Waals surface area contributed by atoms with Crippen molar-refractivity contribution in [2.75, 3.05) is 12.3 Å². The first kappa shape index (κ1) is 26.9. The smallest absolute Gasteiger partial charge is 0.226 e. The summed E-state index contributed by atoms with van der Waals surface area (Å²) in [5.41, 5.74) is 0. The SMILES string of the molecule is CCN(C(=O)C1CCC(NC(=O)CC2CCC(S(=O)(=O)CC3CC3)CC2)CC1C)C1CCCCC1. The first-order valence-electron chi connectivity index (χ1n) is 14.6. The fourth-order valence-electron chi connectivity index (χ4n) is 7.09. The minimum absolute atomic E-state index is 0.0814. The Labute approximate surface area is 213 Å². The van der Waals surface area contributed by atoms with Crippen molar-refractivity contribution in [2.24, 2.45) is 23.7 Å². The number of amides is 2. The number of sulfone groups is 1. The predicted molar refractivity (Wildman–Crippen MR) is 140 cm³/mol. The van der Waals surface area contributed by atoms with Crippen LogP contribution in [0.5, 0.6) is 0 Å². The highest BCUT2D eigenvalue weighted by Gasteiger charge is 2.38. The lowest BCUT2D eigenvalue weighted by atomic mass is 9.76. The maximum Gasteiger partial charge on any atom is 0.226 e. The van der Waals surface area contributed by atoms with Crippen LogP contribution in [-0.4, -0.2) is 54.8 Å². The molecule has 4 saturated carbocycles. The zero-order valence-corrected chi connectivity index (χ0v) is 22.9. The van der Waals surface area contributed by atoms with Gasteiger partial charge in [0, 0.05) is 31.0 Å². The summed E-state index contributed by atoms with van der Waals surface area (Å²) in [7, 11) is -2.96. The van der Waals surface area contributed by atoms with E-state index in [0.717, 1.165) is 64.3 Å². The quantitative estimate of drug-likeness (QED) is 0.482. The summed E-state index contributed by atoms with van der Waals surface area (Å²) < 4.78 is 25.2. The van der Waals surface area contributed by atoms with Gasteiger partial charge in [0.2, 0.25) is 11.8 Å². The van der Waals surface area contributed by atoms with Gasteiger partial charge in [-0.05, 0) is 95.3 Å². The maximum atomic E-state index is 13.4. The molecule has 0 aromatic carbocycles. The van der Waals surface area contributed by atoms with Crippen LogP contribution < -0.4 is 5.32 Å². The first-order chi connectivity index (χ1) is 16.8. The van der Waals surface area contributed by atoms with E-state index < -0.39 is 9.84 Å². The van der Waals surface area contributed by atoms with Crippen molar-refractivity contribution in [3.05, 3.63) is 0 Å². The molecule has 0 heterocycles. The molecule has 0 saturated heterocycles. The second-order valence-corrected chi connectivity index (χ2v) is 14.5. The molecule has 4 rings (SSSR count). The third-order valence-corrected chi connectivity index (χ3v) is 11.9. The lowest BCUT2D eigenvalue weighted by Gasteiger charge is -2.40. The number of hydrogen-bond donors (Lipinski definition) is 1. The van der Waals surface area contributed by atoms with Gasteiger partial charge in [0.15, 0.2) is 9.84 Å². The van der Waals surface area contributed by atoms with Gasteiger partial charge in [-0.15, -0.1) is 0 Å². The molecule has 4 aliphatic rings. The van der Waals surface area contributed by atoms with Gasteiger partial charge < -0.3 is 10.2 Å². The van der Waals surface area contributed by atoms with Crippen molar-refractivity contribution in [2.45, 2.75) is 127 Å². The summed E-state index contributed by atoms with van der Waals surface area (Å²) in [6, 6.07) is 0.575. The average molecular weight is 509 g/mol. The summed E-state index contributed by atoms with van der Waals surface area (Å²) >= 11 is 0. The Hall–Kier alpha value is -1.11. The molecule has 35 heavy (non-hydrogen) atoms. The normalized spacial score (nSPS) is 32.7. The van der Waals surface area contributed by atoms with E-state index in [-0.39, 0.29) is 29.0 Å². The summed E-state index contributed by atoms with van der Waals surface area (Å²) in [5.74, 6) is 1.89. The van der Waals surface area contributed by atoms with Gasteiger partial charge in [-0.3, -0.25) is 9.59 Å². The molecule has 0 aromatic heterocycles. The molecular weight excluding hydrogens is 460 g/mol. The van der Waals surface area contributed by atoms with Gasteiger partial charge in [0.1, 0.15) is 0 Å². The summed E-state index contributed by atoms with van der Waals surface area (Å²) in [5, 5.41) is 3.07. The number of carbonyl (C=O) groups excluding carboxylic acids is 2. The number of rotatable bonds is 9. The second kappa shape index (κ2) is 12.0. The molecule has 200 valence electrons. The van der Waals surface area contributed by atoms with E-state index in [1.54, 1.807) is 0 Å². The highest BCUT2D eigenvalue weighted by molar-refractivity contribution is 7.92. The third kappa shape index (κ3) is 7.23. The molecule has 7 heteroatoms. The van der Waals surface area contributed by atoms with E-state index in [1.807, 2.05) is 0 Å². The molecule has 2 amide bonds. The second-order valence-electron chi connectivity index (χ2n) is 12.2. The van der Waals surface area contributed by atoms with E-state index in [2.05, 4.69) is 24.1 Å². The Morgan fingerprint density at radius 2 is 1.51 bits per heavy atom. The lowest BCUT2D eigenvalue weighted by molar-refractivity contribution is -0.141. The molecule has 1 N–H and O–H groups in total. The van der Waals surface area contributed by atoms with Crippen molar-refractivity contribution in [1.29, 1.82) is 0 Å². The molecule has 6 nitrogen and oxygen atoms in total. The van der Waals surface area contributed by atoms with Gasteiger partial charge in [0.25, 0.3) is 0 Å². The fourth-order valence-corrected chi connectivity index (χ4v) is 9.34. The fraction of sp³-hybridized carbons (Fsp3) is 0.929. The minimum Gasteiger partial charge on any atom is -0.353 e. The average Bonchev–Trinajstić information content (AvgIpc) is 3.64. The molecule has 0 spiro atoms. The molecule has 4 fully saturated rings. The highest BCUT2D eigenvalue weighted by Crippen LogP contribution is 2.37. The van der Waals surface area contributed by atoms with E-state index in [9.17, 15) is 18.0 Å². The first-order valence-corrected chi connectivity index (χ1v) is 16.3. The van der Waals surface area contributed by atoms with Crippen molar-refractivity contribution < 1.29 is 18.0 Å². The van der Waals surface area contributed by atoms with E-state index in [1.165, 1.54) is 19.3 Å². The number of carbonyl (C=O) groups is 2. The molecule has 3 unspecified atom stereocenters. The number of nitrogens with zero attached hydrogens (tertiary/aromatic N) is 1. The molecule has 0 aromatic rings. The third-order valence-electron chi connectivity index (χ3n) is 9.43. The Morgan fingerprint density at radius 3 is 2.11 bits per heavy atom. The largest absolute Gasteiger partial charge is 0.353 e. The van der Waals surface area contributed by atoms with Crippen molar-refractivity contribution in [3.8, 4) is 0 Å². The minimum atomic E-state index is -2.96. The van der Waals surface area contributed by atoms with E-state index in [4.69, 9.17) is 0 Å². The Morgan fingerprint density at radius 1 is 0.857 bits per heavy atom. The van der Waals surface area contributed by atoms with Gasteiger partial charge in [-0.25, -0.2) is 8.42 Å². The molecule has 3 atom stereocenters. The van der Waals surface area contributed by atoms with Crippen LogP contribution in [0.15, 0.2) is 0 Å². The number of nitrogens with one attached hydrogen (secondary N) is 1. The summed E-state index contributed by atoms with van der Waals surface area (Å²) in [6.45, 7) is 5.09. The van der Waals surface area contributed by atoms with Gasteiger partial charge in [0.05, 0.1) is 11.0 Å². The molecular formula is C28H48N2O4S. The predicted octanol–water partition coefficient (Wildman–Crippen LogP) is 4.86. The van der Waals surface area contributed by atoms with Crippen LogP contribution in [0.2, 0.25) is 0 Å². The van der Waals surface area contributed by atoms with Crippen LogP contribution in [0.4, 0.5) is 0 Å². The maximum absolute atomic E-state index is 13.4. The van der Waals surface area contributed by atoms with Crippen LogP contribution in [0.1, 0.15) is 110 Å². The Kier molecular flexibility index (Phi) is 9.20. The van der Waals surface area contributed by atoms with Crippen LogP contribution >= 0.6 is 0 Å². The van der Waals surface area contributed by atoms with Gasteiger partial charge in [-0.2, -0.15) is 0 Å². The van der Waals surface area contributed by atoms with E-state index in [0.29, 0.717) is 48.8 Å². The van der Waals surface area contributed by atoms with Crippen LogP contribution in [0, 0.1) is 23.7 Å². The van der Waals surface area contributed by atoms with Crippen molar-refractivity contribution in [3.63, 3.8) is 0 Å². The molecule has 0 bridgehead atoms. The number of hydrogen-bond acceptors (Lipinski definition) is 4. The van der Waals surface area contributed by atoms with Crippen LogP contribution in [0.3, 0.4) is 0 Å². The molecule has 4 aliphatic carbocycles. The standard InChI is InChI=1S/C28H48N2O4S/c1-3-30(24-7-5-4-6-8-24)28(32)26-16-13-23(17-20(26)2)29-27(31)18-21-11-14-25(15-12-21)35(33,34)19-22-9-10-22/h20-26H,3-19H2,1-2H3,(H,29,31). The molecule has 0 aliphatic heterocycles. The molecule has 0 radical (unpaired) electrons. The Bertz CT molecular complexity index is 826. The van der Waals surface area contributed by atoms with Gasteiger partial charge in [-0.1, -0.05) is 26.2 Å². The summed E-state index contributed by atoms with van der Waals surface area (Å²) in [6.07, 6.45) is 14.4. The van der Waals surface area contributed by atoms with Crippen molar-refractivity contribution >= 4 is 21.7 Å². The highest BCUT2D eigenvalue weighted by atomic mass is 32.2.